The number of aliphatic hydroxyl groups excluding tert-OH is 2. The number of esters is 3. The van der Waals surface area contributed by atoms with Crippen LogP contribution in [-0.4, -0.2) is 89.2 Å². The molecule has 1 rings (SSSR count). The van der Waals surface area contributed by atoms with Crippen molar-refractivity contribution in [3.63, 3.8) is 0 Å². The van der Waals surface area contributed by atoms with Gasteiger partial charge in [-0.2, -0.15) is 0 Å². The number of allylic oxidation sites excluding steroid dienone is 16. The molecule has 0 aliphatic carbocycles. The van der Waals surface area contributed by atoms with E-state index >= 15 is 0 Å². The molecule has 0 radical (unpaired) electrons. The molecule has 1 fully saturated rings. The van der Waals surface area contributed by atoms with Crippen molar-refractivity contribution < 1.29 is 58.2 Å². The molecular formula is C67H110O12. The van der Waals surface area contributed by atoms with Crippen molar-refractivity contribution in [3.05, 3.63) is 97.2 Å². The highest BCUT2D eigenvalue weighted by Crippen LogP contribution is 2.26. The van der Waals surface area contributed by atoms with E-state index in [1.165, 1.54) is 38.5 Å². The van der Waals surface area contributed by atoms with Crippen molar-refractivity contribution in [2.45, 2.75) is 289 Å². The van der Waals surface area contributed by atoms with Crippen molar-refractivity contribution in [2.24, 2.45) is 0 Å². The third-order valence-corrected chi connectivity index (χ3v) is 13.6. The highest BCUT2D eigenvalue weighted by Gasteiger charge is 2.50. The van der Waals surface area contributed by atoms with Gasteiger partial charge in [0.15, 0.2) is 24.6 Å². The molecular weight excluding hydrogens is 997 g/mol. The predicted octanol–water partition coefficient (Wildman–Crippen LogP) is 16.5. The molecule has 0 saturated carbocycles. The van der Waals surface area contributed by atoms with Crippen molar-refractivity contribution in [1.82, 2.24) is 0 Å². The van der Waals surface area contributed by atoms with Gasteiger partial charge in [0.1, 0.15) is 18.8 Å². The van der Waals surface area contributed by atoms with Crippen LogP contribution in [0.2, 0.25) is 0 Å². The molecule has 6 atom stereocenters. The smallest absolute Gasteiger partial charge is 0.335 e. The molecule has 0 bridgehead atoms. The van der Waals surface area contributed by atoms with Crippen LogP contribution < -0.4 is 0 Å². The zero-order valence-corrected chi connectivity index (χ0v) is 49.6. The highest BCUT2D eigenvalue weighted by molar-refractivity contribution is 5.74. The van der Waals surface area contributed by atoms with Gasteiger partial charge in [-0.15, -0.1) is 0 Å². The zero-order chi connectivity index (χ0) is 57.5. The number of rotatable bonds is 52. The Hall–Kier alpha value is -4.36. The van der Waals surface area contributed by atoms with Crippen molar-refractivity contribution >= 4 is 23.9 Å². The van der Waals surface area contributed by atoms with E-state index in [9.17, 15) is 34.5 Å². The van der Waals surface area contributed by atoms with Crippen LogP contribution in [0.4, 0.5) is 0 Å². The highest BCUT2D eigenvalue weighted by atomic mass is 16.7. The van der Waals surface area contributed by atoms with Crippen LogP contribution in [-0.2, 0) is 42.9 Å². The molecule has 0 aromatic carbocycles. The molecule has 1 saturated heterocycles. The van der Waals surface area contributed by atoms with E-state index in [0.717, 1.165) is 154 Å². The quantitative estimate of drug-likeness (QED) is 0.0228. The summed E-state index contributed by atoms with van der Waals surface area (Å²) in [5.74, 6) is -3.17. The summed E-state index contributed by atoms with van der Waals surface area (Å²) in [6, 6.07) is 0. The van der Waals surface area contributed by atoms with Gasteiger partial charge in [0.25, 0.3) is 0 Å². The van der Waals surface area contributed by atoms with E-state index in [4.69, 9.17) is 23.7 Å². The summed E-state index contributed by atoms with van der Waals surface area (Å²) in [6.45, 7) is 5.77. The molecule has 1 aliphatic heterocycles. The molecule has 79 heavy (non-hydrogen) atoms. The maximum Gasteiger partial charge on any atom is 0.335 e. The number of aliphatic hydroxyl groups is 2. The molecule has 3 N–H and O–H groups in total. The summed E-state index contributed by atoms with van der Waals surface area (Å²) < 4.78 is 28.5. The maximum absolute atomic E-state index is 13.2. The first-order valence-electron chi connectivity index (χ1n) is 31.2. The summed E-state index contributed by atoms with van der Waals surface area (Å²) in [6.07, 6.45) is 59.3. The molecule has 0 aromatic rings. The number of hydrogen-bond donors (Lipinski definition) is 3. The molecule has 1 heterocycles. The van der Waals surface area contributed by atoms with Gasteiger partial charge in [-0.1, -0.05) is 214 Å². The second kappa shape index (κ2) is 54.2. The van der Waals surface area contributed by atoms with Crippen LogP contribution >= 0.6 is 0 Å². The normalized spacial score (nSPS) is 18.5. The van der Waals surface area contributed by atoms with Gasteiger partial charge in [0.05, 0.1) is 6.61 Å². The lowest BCUT2D eigenvalue weighted by Crippen LogP contribution is -2.61. The fourth-order valence-electron chi connectivity index (χ4n) is 8.84. The number of carboxylic acid groups (broad SMARTS) is 1. The number of carbonyl (C=O) groups is 4. The molecule has 0 amide bonds. The van der Waals surface area contributed by atoms with Crippen LogP contribution in [0.15, 0.2) is 97.2 Å². The topological polar surface area (TPSA) is 175 Å². The van der Waals surface area contributed by atoms with E-state index in [2.05, 4.69) is 118 Å². The van der Waals surface area contributed by atoms with Crippen LogP contribution in [0.5, 0.6) is 0 Å². The van der Waals surface area contributed by atoms with Crippen LogP contribution in [0, 0.1) is 0 Å². The fourth-order valence-corrected chi connectivity index (χ4v) is 8.84. The number of unbranched alkanes of at least 4 members (excludes halogenated alkanes) is 22. The van der Waals surface area contributed by atoms with Gasteiger partial charge in [-0.25, -0.2) is 4.79 Å². The molecule has 6 unspecified atom stereocenters. The Kier molecular flexibility index (Phi) is 49.9. The van der Waals surface area contributed by atoms with Crippen molar-refractivity contribution in [3.8, 4) is 0 Å². The molecule has 12 heteroatoms. The van der Waals surface area contributed by atoms with Crippen molar-refractivity contribution in [1.29, 1.82) is 0 Å². The van der Waals surface area contributed by atoms with E-state index in [-0.39, 0.29) is 25.9 Å². The first kappa shape index (κ1) is 72.7. The summed E-state index contributed by atoms with van der Waals surface area (Å²) >= 11 is 0. The number of ether oxygens (including phenoxy) is 5. The van der Waals surface area contributed by atoms with E-state index in [1.54, 1.807) is 0 Å². The Morgan fingerprint density at radius 2 is 0.823 bits per heavy atom. The molecule has 12 nitrogen and oxygen atoms in total. The average molecular weight is 1110 g/mol. The monoisotopic (exact) mass is 1110 g/mol. The first-order chi connectivity index (χ1) is 38.6. The lowest BCUT2D eigenvalue weighted by Gasteiger charge is -2.40. The Morgan fingerprint density at radius 3 is 1.27 bits per heavy atom. The Balaban J connectivity index is 2.68. The third kappa shape index (κ3) is 44.0. The second-order valence-corrected chi connectivity index (χ2v) is 20.9. The van der Waals surface area contributed by atoms with Gasteiger partial charge >= 0.3 is 23.9 Å². The van der Waals surface area contributed by atoms with Crippen LogP contribution in [0.3, 0.4) is 0 Å². The van der Waals surface area contributed by atoms with Crippen LogP contribution in [0.1, 0.15) is 252 Å². The number of carboxylic acids is 1. The van der Waals surface area contributed by atoms with Crippen molar-refractivity contribution in [2.75, 3.05) is 13.2 Å². The van der Waals surface area contributed by atoms with Crippen LogP contribution in [0.25, 0.3) is 0 Å². The summed E-state index contributed by atoms with van der Waals surface area (Å²) in [5, 5.41) is 31.5. The zero-order valence-electron chi connectivity index (χ0n) is 49.6. The predicted molar refractivity (Wildman–Crippen MR) is 321 cm³/mol. The third-order valence-electron chi connectivity index (χ3n) is 13.6. The van der Waals surface area contributed by atoms with E-state index in [0.29, 0.717) is 19.3 Å². The lowest BCUT2D eigenvalue weighted by molar-refractivity contribution is -0.301. The summed E-state index contributed by atoms with van der Waals surface area (Å²) in [7, 11) is 0. The standard InChI is InChI=1S/C67H110O12/c1-4-7-10-13-16-19-22-25-27-29-30-32-34-37-40-43-46-49-52-55-61(70)78-65-63(72)62(71)64(66(73)74)79-67(65)76-57-58(77-60(69)54-51-48-45-42-39-35-24-21-18-15-12-9-6-3)56-75-59(68)53-50-47-44-41-38-36-33-31-28-26-23-20-17-14-11-8-5-2/h7,10,12,15-17,19-21,24-28,30,32,58,62-65,67,71-72H,4-6,8-9,11,13-14,18,22-23,29,31,33-57H2,1-3H3,(H,73,74)/b10-7-,15-12-,19-16-,20-17-,24-21-,27-25-,28-26-,32-30-. The summed E-state index contributed by atoms with van der Waals surface area (Å²) in [5.41, 5.74) is 0. The SMILES string of the molecule is CC/C=C\C/C=C\C/C=C\C/C=C\CCCCCCCCC(=O)OC1C(OCC(COC(=O)CCCCCCCCC/C=C\C/C=C\CCCCC)OC(=O)CCCCCCC/C=C\C/C=C\CCC)OC(C(=O)O)C(O)C1O. The molecule has 0 aromatic heterocycles. The molecule has 1 aliphatic rings. The number of aliphatic carboxylic acids is 1. The van der Waals surface area contributed by atoms with Gasteiger partial charge in [-0.05, 0) is 116 Å². The van der Waals surface area contributed by atoms with Gasteiger partial charge in [0, 0.05) is 19.3 Å². The minimum atomic E-state index is -1.92. The fraction of sp³-hybridized carbons (Fsp3) is 0.701. The van der Waals surface area contributed by atoms with E-state index in [1.807, 2.05) is 0 Å². The largest absolute Gasteiger partial charge is 0.479 e. The van der Waals surface area contributed by atoms with Gasteiger partial charge in [-0.3, -0.25) is 14.4 Å². The Morgan fingerprint density at radius 1 is 0.430 bits per heavy atom. The minimum absolute atomic E-state index is 0.0379. The second-order valence-electron chi connectivity index (χ2n) is 20.9. The first-order valence-corrected chi connectivity index (χ1v) is 31.2. The average Bonchev–Trinajstić information content (AvgIpc) is 3.46. The lowest BCUT2D eigenvalue weighted by atomic mass is 9.98. The Labute approximate surface area is 479 Å². The molecule has 450 valence electrons. The van der Waals surface area contributed by atoms with Gasteiger partial charge in [0.2, 0.25) is 0 Å². The molecule has 0 spiro atoms. The van der Waals surface area contributed by atoms with Gasteiger partial charge < -0.3 is 39.0 Å². The summed E-state index contributed by atoms with van der Waals surface area (Å²) in [4.78, 5) is 51.2. The minimum Gasteiger partial charge on any atom is -0.479 e. The van der Waals surface area contributed by atoms with E-state index < -0.39 is 67.3 Å². The number of hydrogen-bond acceptors (Lipinski definition) is 11. The number of carbonyl (C=O) groups excluding carboxylic acids is 3. The maximum atomic E-state index is 13.2. The Bertz CT molecular complexity index is 1740.